The van der Waals surface area contributed by atoms with E-state index in [1.54, 1.807) is 22.8 Å². The Labute approximate surface area is 192 Å². The topological polar surface area (TPSA) is 122 Å². The molecule has 0 saturated carbocycles. The summed E-state index contributed by atoms with van der Waals surface area (Å²) in [4.78, 5) is 33.8. The van der Waals surface area contributed by atoms with E-state index in [2.05, 4.69) is 9.97 Å². The number of benzene rings is 2. The van der Waals surface area contributed by atoms with Crippen molar-refractivity contribution < 1.29 is 12.9 Å². The summed E-state index contributed by atoms with van der Waals surface area (Å²) in [5.41, 5.74) is 1.63. The lowest BCUT2D eigenvalue weighted by Gasteiger charge is -2.10. The zero-order valence-corrected chi connectivity index (χ0v) is 18.8. The Bertz CT molecular complexity index is 1410. The highest BCUT2D eigenvalue weighted by Crippen LogP contribution is 2.17. The third-order valence-electron chi connectivity index (χ3n) is 5.26. The third-order valence-corrected chi connectivity index (χ3v) is 5.59. The Balaban J connectivity index is 1.73. The van der Waals surface area contributed by atoms with Crippen molar-refractivity contribution >= 4 is 22.5 Å². The highest BCUT2D eigenvalue weighted by Gasteiger charge is 2.17. The molecule has 2 aromatic carbocycles. The number of aromatic nitrogens is 4. The van der Waals surface area contributed by atoms with Crippen molar-refractivity contribution in [1.82, 2.24) is 19.1 Å². The first-order valence-electron chi connectivity index (χ1n) is 10.6. The fraction of sp³-hybridized carbons (Fsp3) is 0.261. The van der Waals surface area contributed by atoms with Crippen molar-refractivity contribution in [3.63, 3.8) is 0 Å². The van der Waals surface area contributed by atoms with Crippen LogP contribution in [0.25, 0.3) is 11.2 Å². The van der Waals surface area contributed by atoms with Crippen LogP contribution in [-0.4, -0.2) is 27.9 Å². The van der Waals surface area contributed by atoms with Crippen molar-refractivity contribution in [3.8, 4) is 5.75 Å². The summed E-state index contributed by atoms with van der Waals surface area (Å²) in [6.45, 7) is 2.61. The largest absolute Gasteiger partial charge is 0.740 e. The summed E-state index contributed by atoms with van der Waals surface area (Å²) in [7, 11) is 0. The Morgan fingerprint density at radius 3 is 2.52 bits per heavy atom. The molecular weight excluding hydrogens is 444 g/mol. The first-order chi connectivity index (χ1) is 16.0. The van der Waals surface area contributed by atoms with Gasteiger partial charge in [-0.3, -0.25) is 13.9 Å². The molecular formula is C23H23N4O5S-. The zero-order chi connectivity index (χ0) is 23.4. The Morgan fingerprint density at radius 2 is 1.79 bits per heavy atom. The molecule has 10 heteroatoms. The maximum atomic E-state index is 13.1. The van der Waals surface area contributed by atoms with E-state index >= 15 is 0 Å². The predicted octanol–water partition coefficient (Wildman–Crippen LogP) is 2.30. The van der Waals surface area contributed by atoms with Gasteiger partial charge in [-0.15, -0.1) is 0 Å². The van der Waals surface area contributed by atoms with Crippen LogP contribution < -0.4 is 15.4 Å². The molecule has 0 radical (unpaired) electrons. The van der Waals surface area contributed by atoms with E-state index in [-0.39, 0.29) is 17.0 Å². The third kappa shape index (κ3) is 5.12. The average molecular weight is 468 g/mol. The number of imidazole rings is 1. The number of nitrogens with one attached hydrogen (secondary N) is 1. The van der Waals surface area contributed by atoms with E-state index in [1.807, 2.05) is 37.3 Å². The summed E-state index contributed by atoms with van der Waals surface area (Å²) >= 11 is -2.67. The molecule has 172 valence electrons. The first-order valence-corrected chi connectivity index (χ1v) is 11.6. The van der Waals surface area contributed by atoms with E-state index in [1.165, 1.54) is 10.6 Å². The number of hydrogen-bond acceptors (Lipinski definition) is 6. The number of nitrogens with zero attached hydrogens (tertiary/aromatic N) is 3. The lowest BCUT2D eigenvalue weighted by atomic mass is 10.1. The minimum Gasteiger partial charge on any atom is -0.740 e. The summed E-state index contributed by atoms with van der Waals surface area (Å²) < 4.78 is 29.1. The quantitative estimate of drug-likeness (QED) is 0.377. The summed E-state index contributed by atoms with van der Waals surface area (Å²) in [5.74, 6) is 0.673. The van der Waals surface area contributed by atoms with Crippen LogP contribution in [0.4, 0.5) is 0 Å². The molecule has 2 aromatic heterocycles. The zero-order valence-electron chi connectivity index (χ0n) is 18.0. The molecule has 4 aromatic rings. The molecule has 9 nitrogen and oxygen atoms in total. The van der Waals surface area contributed by atoms with Crippen molar-refractivity contribution in [2.45, 2.75) is 39.3 Å². The van der Waals surface area contributed by atoms with Gasteiger partial charge in [-0.1, -0.05) is 49.4 Å². The van der Waals surface area contributed by atoms with E-state index in [0.29, 0.717) is 43.8 Å². The molecule has 33 heavy (non-hydrogen) atoms. The van der Waals surface area contributed by atoms with Gasteiger partial charge in [0.25, 0.3) is 5.56 Å². The van der Waals surface area contributed by atoms with Crippen LogP contribution >= 0.6 is 0 Å². The Morgan fingerprint density at radius 1 is 1.03 bits per heavy atom. The Kier molecular flexibility index (Phi) is 6.85. The minimum atomic E-state index is -2.67. The number of H-pyrrole nitrogens is 1. The number of fused-ring (bicyclic) bond motifs is 1. The molecule has 1 atom stereocenters. The first kappa shape index (κ1) is 22.7. The van der Waals surface area contributed by atoms with Crippen LogP contribution in [0, 0.1) is 0 Å². The summed E-state index contributed by atoms with van der Waals surface area (Å²) in [6.07, 6.45) is 1.57. The number of aromatic amines is 1. The second-order valence-corrected chi connectivity index (χ2v) is 8.20. The SMILES string of the molecule is CCCn1c(=O)c2[nH]c(Cc3cccc(OS(=O)[O-])c3)nc2n(CCc2ccccc2)c1=O. The monoisotopic (exact) mass is 467 g/mol. The molecule has 0 amide bonds. The van der Waals surface area contributed by atoms with Crippen molar-refractivity contribution in [2.24, 2.45) is 0 Å². The number of aryl methyl sites for hydroxylation is 2. The molecule has 0 aliphatic carbocycles. The normalized spacial score (nSPS) is 12.2. The van der Waals surface area contributed by atoms with Crippen LogP contribution in [0.15, 0.2) is 64.2 Å². The molecule has 0 aliphatic heterocycles. The number of hydrogen-bond donors (Lipinski definition) is 1. The van der Waals surface area contributed by atoms with Gasteiger partial charge in [0, 0.05) is 19.5 Å². The summed E-state index contributed by atoms with van der Waals surface area (Å²) in [6, 6.07) is 16.4. The lowest BCUT2D eigenvalue weighted by Crippen LogP contribution is -2.40. The van der Waals surface area contributed by atoms with Crippen LogP contribution in [0.5, 0.6) is 5.75 Å². The van der Waals surface area contributed by atoms with Crippen LogP contribution in [0.2, 0.25) is 0 Å². The number of rotatable bonds is 9. The highest BCUT2D eigenvalue weighted by atomic mass is 32.2. The molecule has 0 spiro atoms. The lowest BCUT2D eigenvalue weighted by molar-refractivity contribution is 0.440. The second-order valence-electron chi connectivity index (χ2n) is 7.62. The van der Waals surface area contributed by atoms with Gasteiger partial charge in [0.05, 0.1) is 0 Å². The van der Waals surface area contributed by atoms with E-state index in [4.69, 9.17) is 4.18 Å². The van der Waals surface area contributed by atoms with Gasteiger partial charge in [-0.25, -0.2) is 14.0 Å². The van der Waals surface area contributed by atoms with Gasteiger partial charge in [-0.05, 0) is 36.1 Å². The Hall–Kier alpha value is -3.50. The molecule has 0 aliphatic rings. The molecule has 1 unspecified atom stereocenters. The fourth-order valence-electron chi connectivity index (χ4n) is 3.79. The fourth-order valence-corrected chi connectivity index (χ4v) is 4.05. The molecule has 0 fully saturated rings. The second kappa shape index (κ2) is 9.97. The predicted molar refractivity (Wildman–Crippen MR) is 124 cm³/mol. The van der Waals surface area contributed by atoms with Gasteiger partial charge in [0.2, 0.25) is 0 Å². The maximum Gasteiger partial charge on any atom is 0.332 e. The van der Waals surface area contributed by atoms with Crippen molar-refractivity contribution in [3.05, 3.63) is 92.4 Å². The highest BCUT2D eigenvalue weighted by molar-refractivity contribution is 7.74. The van der Waals surface area contributed by atoms with E-state index in [9.17, 15) is 18.4 Å². The molecule has 4 rings (SSSR count). The molecule has 1 N–H and O–H groups in total. The summed E-state index contributed by atoms with van der Waals surface area (Å²) in [5, 5.41) is 0. The van der Waals surface area contributed by atoms with Gasteiger partial charge >= 0.3 is 5.69 Å². The van der Waals surface area contributed by atoms with Gasteiger partial charge in [0.15, 0.2) is 5.65 Å². The molecule has 0 bridgehead atoms. The average Bonchev–Trinajstić information content (AvgIpc) is 3.21. The molecule has 2 heterocycles. The minimum absolute atomic E-state index is 0.182. The van der Waals surface area contributed by atoms with Crippen molar-refractivity contribution in [2.75, 3.05) is 0 Å². The standard InChI is InChI=1S/C23H24N4O5S/c1-2-12-27-22(28)20-21(26(23(27)29)13-11-16-7-4-3-5-8-16)25-19(24-20)15-17-9-6-10-18(14-17)32-33(30)31/h3-10,14H,2,11-13,15H2,1H3,(H,24,25)(H,30,31)/p-1. The smallest absolute Gasteiger partial charge is 0.332 e. The van der Waals surface area contributed by atoms with Crippen LogP contribution in [-0.2, 0) is 37.3 Å². The maximum absolute atomic E-state index is 13.1. The van der Waals surface area contributed by atoms with Gasteiger partial charge < -0.3 is 13.7 Å². The van der Waals surface area contributed by atoms with Gasteiger partial charge in [-0.2, -0.15) is 0 Å². The van der Waals surface area contributed by atoms with E-state index < -0.39 is 16.9 Å². The van der Waals surface area contributed by atoms with Crippen LogP contribution in [0.1, 0.15) is 30.3 Å². The molecule has 0 saturated heterocycles. The van der Waals surface area contributed by atoms with Crippen LogP contribution in [0.3, 0.4) is 0 Å². The van der Waals surface area contributed by atoms with E-state index in [0.717, 1.165) is 11.1 Å². The van der Waals surface area contributed by atoms with Gasteiger partial charge in [0.1, 0.15) is 28.5 Å². The van der Waals surface area contributed by atoms with Crippen molar-refractivity contribution in [1.29, 1.82) is 0 Å².